The lowest BCUT2D eigenvalue weighted by Crippen LogP contribution is -2.32. The molecule has 3 aromatic rings. The minimum atomic E-state index is -0.872. The summed E-state index contributed by atoms with van der Waals surface area (Å²) in [7, 11) is 0. The Bertz CT molecular complexity index is 1150. The van der Waals surface area contributed by atoms with Gasteiger partial charge in [0.05, 0.1) is 0 Å². The summed E-state index contributed by atoms with van der Waals surface area (Å²) in [6, 6.07) is 12.5. The van der Waals surface area contributed by atoms with Gasteiger partial charge in [-0.25, -0.2) is 13.2 Å². The molecule has 3 aromatic carbocycles. The van der Waals surface area contributed by atoms with Crippen LogP contribution in [0.5, 0.6) is 0 Å². The first-order valence-corrected chi connectivity index (χ1v) is 10.5. The van der Waals surface area contributed by atoms with Crippen molar-refractivity contribution >= 4 is 29.1 Å². The van der Waals surface area contributed by atoms with Crippen molar-refractivity contribution in [2.45, 2.75) is 13.0 Å². The Morgan fingerprint density at radius 2 is 1.61 bits per heavy atom. The van der Waals surface area contributed by atoms with E-state index < -0.39 is 29.3 Å². The number of hydrogen-bond acceptors (Lipinski definition) is 3. The smallest absolute Gasteiger partial charge is 0.255 e. The largest absolute Gasteiger partial charge is 0.334 e. The number of nitrogens with one attached hydrogen (secondary N) is 1. The van der Waals surface area contributed by atoms with Gasteiger partial charge < -0.3 is 16.0 Å². The second-order valence-electron chi connectivity index (χ2n) is 7.30. The molecule has 0 radical (unpaired) electrons. The number of carbonyl (C=O) groups excluding carboxylic acids is 2. The fourth-order valence-electron chi connectivity index (χ4n) is 3.21. The van der Waals surface area contributed by atoms with Crippen molar-refractivity contribution in [1.82, 2.24) is 4.90 Å². The molecule has 0 aliphatic heterocycles. The normalized spacial score (nSPS) is 10.7. The summed E-state index contributed by atoms with van der Waals surface area (Å²) in [5.41, 5.74) is 6.43. The van der Waals surface area contributed by atoms with Gasteiger partial charge in [0.1, 0.15) is 17.5 Å². The molecular weight excluding hydrogens is 455 g/mol. The molecule has 9 heteroatoms. The number of hydrogen-bond donors (Lipinski definition) is 2. The van der Waals surface area contributed by atoms with Gasteiger partial charge in [0, 0.05) is 41.0 Å². The van der Waals surface area contributed by atoms with E-state index >= 15 is 0 Å². The van der Waals surface area contributed by atoms with Gasteiger partial charge in [0.2, 0.25) is 0 Å². The average Bonchev–Trinajstić information content (AvgIpc) is 2.77. The van der Waals surface area contributed by atoms with Crippen molar-refractivity contribution in [3.8, 4) is 0 Å². The SMILES string of the molecule is NCCCN(Cc1cc(NC(=O)c2cc(F)cc(F)c2)ccc1Cl)C(=O)c1cccc(F)c1. The van der Waals surface area contributed by atoms with E-state index in [1.165, 1.54) is 35.2 Å². The summed E-state index contributed by atoms with van der Waals surface area (Å²) in [4.78, 5) is 26.9. The minimum Gasteiger partial charge on any atom is -0.334 e. The molecule has 5 nitrogen and oxygen atoms in total. The Morgan fingerprint density at radius 3 is 2.27 bits per heavy atom. The predicted molar refractivity (Wildman–Crippen MR) is 121 cm³/mol. The monoisotopic (exact) mass is 475 g/mol. The van der Waals surface area contributed by atoms with Crippen LogP contribution in [0.25, 0.3) is 0 Å². The Morgan fingerprint density at radius 1 is 0.909 bits per heavy atom. The number of carbonyl (C=O) groups is 2. The molecule has 0 bridgehead atoms. The van der Waals surface area contributed by atoms with Crippen LogP contribution in [0.3, 0.4) is 0 Å². The van der Waals surface area contributed by atoms with Crippen LogP contribution in [-0.4, -0.2) is 29.8 Å². The average molecular weight is 476 g/mol. The zero-order valence-corrected chi connectivity index (χ0v) is 18.2. The fraction of sp³-hybridized carbons (Fsp3) is 0.167. The number of halogens is 4. The maximum Gasteiger partial charge on any atom is 0.255 e. The third-order valence-corrected chi connectivity index (χ3v) is 5.15. The lowest BCUT2D eigenvalue weighted by molar-refractivity contribution is 0.0741. The molecule has 0 fully saturated rings. The molecule has 2 amide bonds. The first-order chi connectivity index (χ1) is 15.8. The fourth-order valence-corrected chi connectivity index (χ4v) is 3.38. The molecule has 0 spiro atoms. The summed E-state index contributed by atoms with van der Waals surface area (Å²) in [6.45, 7) is 0.731. The summed E-state index contributed by atoms with van der Waals surface area (Å²) in [5, 5.41) is 2.90. The zero-order chi connectivity index (χ0) is 24.0. The standard InChI is InChI=1S/C24H21ClF3N3O2/c25-22-6-5-21(30-23(32)16-10-19(27)13-20(28)11-16)12-17(22)14-31(8-2-7-29)24(33)15-3-1-4-18(26)9-15/h1,3-6,9-13H,2,7-8,14,29H2,(H,30,32). The number of anilines is 1. The van der Waals surface area contributed by atoms with E-state index in [1.807, 2.05) is 0 Å². The highest BCUT2D eigenvalue weighted by atomic mass is 35.5. The number of nitrogens with two attached hydrogens (primary N) is 1. The van der Waals surface area contributed by atoms with Gasteiger partial charge >= 0.3 is 0 Å². The van der Waals surface area contributed by atoms with Gasteiger partial charge in [-0.2, -0.15) is 0 Å². The Balaban J connectivity index is 1.82. The summed E-state index contributed by atoms with van der Waals surface area (Å²) in [6.07, 6.45) is 0.514. The van der Waals surface area contributed by atoms with Crippen LogP contribution in [0.2, 0.25) is 5.02 Å². The first kappa shape index (κ1) is 24.3. The van der Waals surface area contributed by atoms with E-state index in [9.17, 15) is 22.8 Å². The Labute approximate surface area is 194 Å². The molecule has 3 rings (SSSR count). The minimum absolute atomic E-state index is 0.0759. The highest BCUT2D eigenvalue weighted by Crippen LogP contribution is 2.24. The van der Waals surface area contributed by atoms with E-state index in [4.69, 9.17) is 17.3 Å². The second-order valence-corrected chi connectivity index (χ2v) is 7.70. The summed E-state index contributed by atoms with van der Waals surface area (Å²) < 4.78 is 40.4. The van der Waals surface area contributed by atoms with Gasteiger partial charge in [-0.1, -0.05) is 17.7 Å². The highest BCUT2D eigenvalue weighted by molar-refractivity contribution is 6.31. The molecule has 0 saturated heterocycles. The van der Waals surface area contributed by atoms with Crippen molar-refractivity contribution < 1.29 is 22.8 Å². The van der Waals surface area contributed by atoms with Crippen molar-refractivity contribution in [1.29, 1.82) is 0 Å². The lowest BCUT2D eigenvalue weighted by Gasteiger charge is -2.24. The molecule has 3 N–H and O–H groups in total. The second kappa shape index (κ2) is 11.0. The maximum atomic E-state index is 13.6. The summed E-state index contributed by atoms with van der Waals surface area (Å²) >= 11 is 6.31. The van der Waals surface area contributed by atoms with E-state index in [-0.39, 0.29) is 17.7 Å². The van der Waals surface area contributed by atoms with Crippen LogP contribution >= 0.6 is 11.6 Å². The van der Waals surface area contributed by atoms with E-state index in [2.05, 4.69) is 5.32 Å². The predicted octanol–water partition coefficient (Wildman–Crippen LogP) is 5.00. The lowest BCUT2D eigenvalue weighted by atomic mass is 10.1. The van der Waals surface area contributed by atoms with Crippen LogP contribution < -0.4 is 11.1 Å². The molecular formula is C24H21ClF3N3O2. The molecule has 0 atom stereocenters. The molecule has 33 heavy (non-hydrogen) atoms. The zero-order valence-electron chi connectivity index (χ0n) is 17.5. The van der Waals surface area contributed by atoms with Gasteiger partial charge in [0.15, 0.2) is 0 Å². The van der Waals surface area contributed by atoms with Gasteiger partial charge in [-0.05, 0) is 67.1 Å². The first-order valence-electron chi connectivity index (χ1n) is 10.1. The number of amides is 2. The quantitative estimate of drug-likeness (QED) is 0.481. The molecule has 0 heterocycles. The third kappa shape index (κ3) is 6.57. The van der Waals surface area contributed by atoms with Gasteiger partial charge in [-0.15, -0.1) is 0 Å². The Hall–Kier alpha value is -3.36. The maximum absolute atomic E-state index is 13.6. The van der Waals surface area contributed by atoms with Crippen molar-refractivity contribution in [2.24, 2.45) is 5.73 Å². The molecule has 0 aromatic heterocycles. The third-order valence-electron chi connectivity index (χ3n) is 4.78. The molecule has 0 unspecified atom stereocenters. The van der Waals surface area contributed by atoms with Crippen LogP contribution in [0.15, 0.2) is 60.7 Å². The van der Waals surface area contributed by atoms with Crippen molar-refractivity contribution in [3.63, 3.8) is 0 Å². The number of nitrogens with zero attached hydrogens (tertiary/aromatic N) is 1. The molecule has 0 saturated carbocycles. The topological polar surface area (TPSA) is 75.4 Å². The van der Waals surface area contributed by atoms with Gasteiger partial charge in [0.25, 0.3) is 11.8 Å². The van der Waals surface area contributed by atoms with Crippen molar-refractivity contribution in [2.75, 3.05) is 18.4 Å². The van der Waals surface area contributed by atoms with Crippen LogP contribution in [0, 0.1) is 17.5 Å². The number of benzene rings is 3. The van der Waals surface area contributed by atoms with E-state index in [1.54, 1.807) is 6.07 Å². The van der Waals surface area contributed by atoms with Crippen LogP contribution in [0.4, 0.5) is 18.9 Å². The number of rotatable bonds is 8. The van der Waals surface area contributed by atoms with Crippen LogP contribution in [0.1, 0.15) is 32.7 Å². The van der Waals surface area contributed by atoms with E-state index in [0.29, 0.717) is 41.9 Å². The Kier molecular flexibility index (Phi) is 8.08. The molecule has 0 aliphatic carbocycles. The van der Waals surface area contributed by atoms with Crippen LogP contribution in [-0.2, 0) is 6.54 Å². The molecule has 172 valence electrons. The van der Waals surface area contributed by atoms with Gasteiger partial charge in [-0.3, -0.25) is 9.59 Å². The highest BCUT2D eigenvalue weighted by Gasteiger charge is 2.18. The van der Waals surface area contributed by atoms with E-state index in [0.717, 1.165) is 18.2 Å². The van der Waals surface area contributed by atoms with Crippen molar-refractivity contribution in [3.05, 3.63) is 99.8 Å². The summed E-state index contributed by atoms with van der Waals surface area (Å²) in [5.74, 6) is -3.39. The molecule has 0 aliphatic rings.